The lowest BCUT2D eigenvalue weighted by molar-refractivity contribution is -0.155. The van der Waals surface area contributed by atoms with Gasteiger partial charge >= 0.3 is 0 Å². The van der Waals surface area contributed by atoms with Crippen LogP contribution in [-0.2, 0) is 33.9 Å². The van der Waals surface area contributed by atoms with Crippen molar-refractivity contribution in [2.75, 3.05) is 13.1 Å². The number of amides is 1. The van der Waals surface area contributed by atoms with E-state index in [2.05, 4.69) is 11.1 Å². The fraction of sp³-hybridized carbons (Fsp3) is 0.407. The molecule has 0 atom stereocenters. The first-order valence-electron chi connectivity index (χ1n) is 12.1. The van der Waals surface area contributed by atoms with E-state index in [0.717, 1.165) is 34.5 Å². The quantitative estimate of drug-likeness (QED) is 0.234. The van der Waals surface area contributed by atoms with Gasteiger partial charge in [0, 0.05) is 35.5 Å². The van der Waals surface area contributed by atoms with E-state index in [-0.39, 0.29) is 11.8 Å². The van der Waals surface area contributed by atoms with E-state index in [0.29, 0.717) is 25.2 Å². The molecule has 3 heterocycles. The number of halogens is 4. The number of aromatic nitrogens is 1. The second-order valence-corrected chi connectivity index (χ2v) is 10.4. The van der Waals surface area contributed by atoms with Crippen molar-refractivity contribution < 1.29 is 31.8 Å². The van der Waals surface area contributed by atoms with Crippen LogP contribution in [0.25, 0.3) is 0 Å². The van der Waals surface area contributed by atoms with Gasteiger partial charge in [0.25, 0.3) is 0 Å². The van der Waals surface area contributed by atoms with E-state index < -0.39 is 53.9 Å². The van der Waals surface area contributed by atoms with Crippen LogP contribution in [0.1, 0.15) is 63.6 Å². The van der Waals surface area contributed by atoms with Crippen molar-refractivity contribution >= 4 is 17.2 Å². The molecule has 3 aromatic rings. The number of likely N-dealkylation sites (tertiary alicyclic amines) is 1. The minimum Gasteiger partial charge on any atom is -0.342 e. The molecule has 1 amide bonds. The second-order valence-electron chi connectivity index (χ2n) is 9.54. The van der Waals surface area contributed by atoms with Crippen molar-refractivity contribution in [3.63, 3.8) is 0 Å². The van der Waals surface area contributed by atoms with E-state index in [1.54, 1.807) is 5.38 Å². The molecule has 10 heteroatoms. The Hall–Kier alpha value is -2.82. The van der Waals surface area contributed by atoms with E-state index in [1.165, 1.54) is 11.3 Å². The van der Waals surface area contributed by atoms with Gasteiger partial charge < -0.3 is 14.4 Å². The smallest absolute Gasteiger partial charge is 0.227 e. The van der Waals surface area contributed by atoms with Gasteiger partial charge in [-0.15, -0.1) is 11.3 Å². The highest BCUT2D eigenvalue weighted by atomic mass is 32.1. The number of hydrogen-bond donors (Lipinski definition) is 0. The molecule has 0 saturated carbocycles. The van der Waals surface area contributed by atoms with E-state index in [4.69, 9.17) is 9.47 Å². The molecule has 0 radical (unpaired) electrons. The largest absolute Gasteiger partial charge is 0.342 e. The zero-order valence-electron chi connectivity index (χ0n) is 20.5. The summed E-state index contributed by atoms with van der Waals surface area (Å²) in [4.78, 5) is 19.4. The Morgan fingerprint density at radius 2 is 1.62 bits per heavy atom. The van der Waals surface area contributed by atoms with Gasteiger partial charge in [-0.1, -0.05) is 23.8 Å². The number of nitrogens with zero attached hydrogens (tertiary/aromatic N) is 2. The number of carbonyl (C=O) groups excluding carboxylic acids is 1. The van der Waals surface area contributed by atoms with Crippen molar-refractivity contribution in [2.45, 2.75) is 58.5 Å². The first-order chi connectivity index (χ1) is 17.7. The fourth-order valence-corrected chi connectivity index (χ4v) is 5.79. The van der Waals surface area contributed by atoms with Crippen LogP contribution in [0, 0.1) is 37.1 Å². The summed E-state index contributed by atoms with van der Waals surface area (Å²) in [7, 11) is 0. The molecule has 2 aliphatic heterocycles. The molecule has 1 aromatic heterocycles. The number of aryl methyl sites for hydroxylation is 2. The molecule has 0 aliphatic carbocycles. The van der Waals surface area contributed by atoms with Crippen LogP contribution >= 0.6 is 11.3 Å². The second kappa shape index (κ2) is 10.5. The van der Waals surface area contributed by atoms with Crippen LogP contribution in [0.4, 0.5) is 17.6 Å². The van der Waals surface area contributed by atoms with Crippen molar-refractivity contribution in [3.8, 4) is 0 Å². The molecule has 37 heavy (non-hydrogen) atoms. The first-order valence-corrected chi connectivity index (χ1v) is 13.0. The highest BCUT2D eigenvalue weighted by molar-refractivity contribution is 7.09. The molecular weight excluding hydrogens is 508 g/mol. The highest BCUT2D eigenvalue weighted by Crippen LogP contribution is 2.36. The molecule has 0 unspecified atom stereocenters. The summed E-state index contributed by atoms with van der Waals surface area (Å²) < 4.78 is 66.7. The standard InChI is InChI=1S/C27H26F4N2O3S/c1-14-3-4-15(2)17(9-14)10-21(34)33-7-5-16(6-8-33)26-32-20(13-37-26)27-35-11-18-19(12-36-27)23(29)25(31)24(30)22(18)28/h3-4,9,13,16,27H,5-8,10-12H2,1-2H3. The molecule has 5 nitrogen and oxygen atoms in total. The van der Waals surface area contributed by atoms with Gasteiger partial charge in [-0.3, -0.25) is 4.79 Å². The number of carbonyl (C=O) groups is 1. The molecule has 1 saturated heterocycles. The van der Waals surface area contributed by atoms with Crippen molar-refractivity contribution in [2.24, 2.45) is 0 Å². The Balaban J connectivity index is 1.20. The Labute approximate surface area is 216 Å². The Morgan fingerprint density at radius 3 is 2.24 bits per heavy atom. The van der Waals surface area contributed by atoms with Gasteiger partial charge in [0.2, 0.25) is 12.2 Å². The van der Waals surface area contributed by atoms with Gasteiger partial charge in [-0.25, -0.2) is 22.5 Å². The third kappa shape index (κ3) is 5.15. The number of hydrogen-bond acceptors (Lipinski definition) is 5. The van der Waals surface area contributed by atoms with Crippen LogP contribution in [0.15, 0.2) is 23.6 Å². The molecule has 0 N–H and O–H groups in total. The van der Waals surface area contributed by atoms with Crippen LogP contribution in [0.2, 0.25) is 0 Å². The maximum Gasteiger partial charge on any atom is 0.227 e. The number of ether oxygens (including phenoxy) is 2. The fourth-order valence-electron chi connectivity index (χ4n) is 4.80. The summed E-state index contributed by atoms with van der Waals surface area (Å²) >= 11 is 1.42. The molecule has 196 valence electrons. The van der Waals surface area contributed by atoms with Crippen molar-refractivity contribution in [1.29, 1.82) is 0 Å². The topological polar surface area (TPSA) is 51.7 Å². The SMILES string of the molecule is Cc1ccc(C)c(CC(=O)N2CCC(c3nc(C4OCc5c(F)c(F)c(F)c(F)c5CO4)cs3)CC2)c1. The first kappa shape index (κ1) is 25.8. The zero-order valence-corrected chi connectivity index (χ0v) is 21.3. The Kier molecular flexibility index (Phi) is 7.33. The van der Waals surface area contributed by atoms with Crippen molar-refractivity contribution in [3.05, 3.63) is 85.4 Å². The predicted molar refractivity (Wildman–Crippen MR) is 129 cm³/mol. The lowest BCUT2D eigenvalue weighted by atomic mass is 9.96. The zero-order chi connectivity index (χ0) is 26.3. The van der Waals surface area contributed by atoms with Gasteiger partial charge in [-0.2, -0.15) is 0 Å². The van der Waals surface area contributed by atoms with Gasteiger partial charge in [0.1, 0.15) is 5.69 Å². The maximum atomic E-state index is 14.2. The minimum atomic E-state index is -1.87. The van der Waals surface area contributed by atoms with E-state index >= 15 is 0 Å². The molecular formula is C27H26F4N2O3S. The molecule has 2 aromatic carbocycles. The normalized spacial score (nSPS) is 17.1. The van der Waals surface area contributed by atoms with Crippen LogP contribution in [0.3, 0.4) is 0 Å². The lowest BCUT2D eigenvalue weighted by Gasteiger charge is -2.31. The van der Waals surface area contributed by atoms with Gasteiger partial charge in [0.05, 0.1) is 24.6 Å². The summed E-state index contributed by atoms with van der Waals surface area (Å²) in [5.41, 5.74) is 2.93. The van der Waals surface area contributed by atoms with Crippen LogP contribution in [0.5, 0.6) is 0 Å². The van der Waals surface area contributed by atoms with Gasteiger partial charge in [0.15, 0.2) is 23.3 Å². The number of thiazole rings is 1. The molecule has 2 aliphatic rings. The molecule has 5 rings (SSSR count). The lowest BCUT2D eigenvalue weighted by Crippen LogP contribution is -2.38. The summed E-state index contributed by atoms with van der Waals surface area (Å²) in [5.74, 6) is -6.42. The van der Waals surface area contributed by atoms with Gasteiger partial charge in [-0.05, 0) is 37.8 Å². The minimum absolute atomic E-state index is 0.110. The maximum absolute atomic E-state index is 14.2. The Bertz CT molecular complexity index is 1300. The molecule has 0 spiro atoms. The van der Waals surface area contributed by atoms with Crippen LogP contribution in [-0.4, -0.2) is 28.9 Å². The van der Waals surface area contributed by atoms with Crippen molar-refractivity contribution in [1.82, 2.24) is 9.88 Å². The monoisotopic (exact) mass is 534 g/mol. The molecule has 0 bridgehead atoms. The average molecular weight is 535 g/mol. The third-order valence-corrected chi connectivity index (χ3v) is 8.08. The Morgan fingerprint density at radius 1 is 1.00 bits per heavy atom. The molecule has 1 fully saturated rings. The van der Waals surface area contributed by atoms with Crippen LogP contribution < -0.4 is 0 Å². The number of benzene rings is 2. The summed E-state index contributed by atoms with van der Waals surface area (Å²) in [6, 6.07) is 6.13. The van der Waals surface area contributed by atoms with E-state index in [1.807, 2.05) is 30.9 Å². The predicted octanol–water partition coefficient (Wildman–Crippen LogP) is 6.01. The number of piperidine rings is 1. The third-order valence-electron chi connectivity index (χ3n) is 7.05. The summed E-state index contributed by atoms with van der Waals surface area (Å²) in [6.07, 6.45) is 0.880. The van der Waals surface area contributed by atoms with E-state index in [9.17, 15) is 22.4 Å². The number of fused-ring (bicyclic) bond motifs is 1. The highest BCUT2D eigenvalue weighted by Gasteiger charge is 2.31. The average Bonchev–Trinajstić information content (AvgIpc) is 3.28. The summed E-state index contributed by atoms with van der Waals surface area (Å²) in [6.45, 7) is 4.33. The number of rotatable bonds is 4. The summed E-state index contributed by atoms with van der Waals surface area (Å²) in [5, 5.41) is 2.61.